The Labute approximate surface area is 137 Å². The molecule has 0 radical (unpaired) electrons. The van der Waals surface area contributed by atoms with Gasteiger partial charge in [-0.1, -0.05) is 39.0 Å². The second-order valence-corrected chi connectivity index (χ2v) is 11.4. The molecule has 0 aliphatic carbocycles. The lowest BCUT2D eigenvalue weighted by Gasteiger charge is -2.69. The number of unbranched alkanes of at least 4 members (excludes halogenated alkanes) is 5. The van der Waals surface area contributed by atoms with Crippen LogP contribution in [0.5, 0.6) is 0 Å². The summed E-state index contributed by atoms with van der Waals surface area (Å²) in [4.78, 5) is 0. The summed E-state index contributed by atoms with van der Waals surface area (Å²) in [6.07, 6.45) is 11.2. The van der Waals surface area contributed by atoms with Crippen LogP contribution in [-0.2, 0) is 14.2 Å². The van der Waals surface area contributed by atoms with Crippen molar-refractivity contribution >= 4 is 7.92 Å². The number of hydrogen-bond donors (Lipinski definition) is 0. The van der Waals surface area contributed by atoms with E-state index in [9.17, 15) is 0 Å². The third-order valence-electron chi connectivity index (χ3n) is 5.48. The molecule has 0 aromatic rings. The van der Waals surface area contributed by atoms with Crippen LogP contribution in [0.4, 0.5) is 0 Å². The summed E-state index contributed by atoms with van der Waals surface area (Å²) < 4.78 is 19.0. The molecule has 4 atom stereocenters. The zero-order valence-corrected chi connectivity index (χ0v) is 15.9. The van der Waals surface area contributed by atoms with Crippen molar-refractivity contribution in [1.29, 1.82) is 0 Å². The Bertz CT molecular complexity index is 381. The van der Waals surface area contributed by atoms with Gasteiger partial charge in [-0.2, -0.15) is 0 Å². The van der Waals surface area contributed by atoms with Gasteiger partial charge in [0.15, 0.2) is 11.6 Å². The average Bonchev–Trinajstić information content (AvgIpc) is 2.31. The van der Waals surface area contributed by atoms with Crippen LogP contribution in [0.1, 0.15) is 86.0 Å². The first-order chi connectivity index (χ1) is 10.2. The van der Waals surface area contributed by atoms with Gasteiger partial charge in [-0.25, -0.2) is 0 Å². The molecular weight excluding hydrogens is 295 g/mol. The SMILES string of the molecule is CCCCCCCCP1C2(C)CC3(C)OC(C)(CC1(C)O3)O2. The molecule has 4 heterocycles. The molecule has 0 saturated carbocycles. The lowest BCUT2D eigenvalue weighted by atomic mass is 9.98. The van der Waals surface area contributed by atoms with Gasteiger partial charge in [-0.05, 0) is 48.2 Å². The highest BCUT2D eigenvalue weighted by Gasteiger charge is 2.70. The molecular formula is C18H33O3P. The van der Waals surface area contributed by atoms with E-state index in [1.54, 1.807) is 0 Å². The molecule has 0 aromatic carbocycles. The van der Waals surface area contributed by atoms with Crippen molar-refractivity contribution in [3.05, 3.63) is 0 Å². The lowest BCUT2D eigenvalue weighted by molar-refractivity contribution is -0.468. The van der Waals surface area contributed by atoms with Crippen LogP contribution < -0.4 is 0 Å². The summed E-state index contributed by atoms with van der Waals surface area (Å²) in [5, 5.41) is -0.0719. The number of ether oxygens (including phenoxy) is 3. The minimum Gasteiger partial charge on any atom is -0.339 e. The highest BCUT2D eigenvalue weighted by atomic mass is 31.1. The van der Waals surface area contributed by atoms with Crippen molar-refractivity contribution < 1.29 is 14.2 Å². The maximum absolute atomic E-state index is 6.46. The summed E-state index contributed by atoms with van der Waals surface area (Å²) in [6, 6.07) is 0. The van der Waals surface area contributed by atoms with E-state index in [4.69, 9.17) is 14.2 Å². The Hall–Kier alpha value is 0.310. The molecule has 4 aliphatic rings. The van der Waals surface area contributed by atoms with Crippen LogP contribution in [0.25, 0.3) is 0 Å². The highest BCUT2D eigenvalue weighted by Crippen LogP contribution is 2.76. The van der Waals surface area contributed by atoms with Crippen LogP contribution in [0, 0.1) is 0 Å². The van der Waals surface area contributed by atoms with Gasteiger partial charge < -0.3 is 14.2 Å². The van der Waals surface area contributed by atoms with E-state index >= 15 is 0 Å². The van der Waals surface area contributed by atoms with E-state index in [2.05, 4.69) is 34.6 Å². The van der Waals surface area contributed by atoms with Crippen molar-refractivity contribution in [3.8, 4) is 0 Å². The maximum Gasteiger partial charge on any atom is 0.173 e. The molecule has 4 unspecified atom stereocenters. The second kappa shape index (κ2) is 5.69. The Balaban J connectivity index is 1.63. The van der Waals surface area contributed by atoms with Gasteiger partial charge in [0.2, 0.25) is 0 Å². The van der Waals surface area contributed by atoms with Crippen LogP contribution in [0.2, 0.25) is 0 Å². The summed E-state index contributed by atoms with van der Waals surface area (Å²) >= 11 is 0. The Morgan fingerprint density at radius 3 is 1.77 bits per heavy atom. The average molecular weight is 328 g/mol. The molecule has 4 bridgehead atoms. The molecule has 3 nitrogen and oxygen atoms in total. The molecule has 4 saturated heterocycles. The minimum absolute atomic E-state index is 0.0360. The van der Waals surface area contributed by atoms with Crippen molar-refractivity contribution in [2.45, 2.75) is 108 Å². The predicted octanol–water partition coefficient (Wildman–Crippen LogP) is 5.56. The number of rotatable bonds is 7. The standard InChI is InChI=1S/C18H33O3P/c1-6-7-8-9-10-11-12-22-17(4)13-15(2)19-16(3,21-17)14-18(22,5)20-15/h6-14H2,1-5H3. The van der Waals surface area contributed by atoms with E-state index in [-0.39, 0.29) is 18.6 Å². The van der Waals surface area contributed by atoms with E-state index < -0.39 is 11.6 Å². The fourth-order valence-electron chi connectivity index (χ4n) is 5.16. The van der Waals surface area contributed by atoms with Gasteiger partial charge in [-0.3, -0.25) is 0 Å². The van der Waals surface area contributed by atoms with Crippen molar-refractivity contribution in [1.82, 2.24) is 0 Å². The first-order valence-corrected chi connectivity index (χ1v) is 10.6. The van der Waals surface area contributed by atoms with Crippen molar-refractivity contribution in [3.63, 3.8) is 0 Å². The van der Waals surface area contributed by atoms with E-state index in [0.29, 0.717) is 0 Å². The molecule has 0 amide bonds. The fraction of sp³-hybridized carbons (Fsp3) is 1.00. The Morgan fingerprint density at radius 1 is 0.727 bits per heavy atom. The van der Waals surface area contributed by atoms with Gasteiger partial charge in [-0.15, -0.1) is 0 Å². The normalized spacial score (nSPS) is 49.8. The third-order valence-corrected chi connectivity index (χ3v) is 9.02. The van der Waals surface area contributed by atoms with Crippen LogP contribution >= 0.6 is 7.92 Å². The highest BCUT2D eigenvalue weighted by molar-refractivity contribution is 7.60. The zero-order valence-electron chi connectivity index (χ0n) is 15.0. The number of hydrogen-bond acceptors (Lipinski definition) is 3. The largest absolute Gasteiger partial charge is 0.339 e. The lowest BCUT2D eigenvalue weighted by Crippen LogP contribution is -2.71. The molecule has 128 valence electrons. The fourth-order valence-corrected chi connectivity index (χ4v) is 9.21. The molecule has 0 spiro atoms. The molecule has 4 fully saturated rings. The van der Waals surface area contributed by atoms with Crippen LogP contribution in [-0.4, -0.2) is 28.4 Å². The monoisotopic (exact) mass is 328 g/mol. The molecule has 4 rings (SSSR count). The second-order valence-electron chi connectivity index (χ2n) is 8.20. The topological polar surface area (TPSA) is 27.7 Å². The Morgan fingerprint density at radius 2 is 1.23 bits per heavy atom. The van der Waals surface area contributed by atoms with Gasteiger partial charge in [0.25, 0.3) is 0 Å². The molecule has 4 heteroatoms. The third kappa shape index (κ3) is 2.99. The predicted molar refractivity (Wildman–Crippen MR) is 91.3 cm³/mol. The Kier molecular flexibility index (Phi) is 4.43. The summed E-state index contributed by atoms with van der Waals surface area (Å²) in [6.45, 7) is 11.1. The first kappa shape index (κ1) is 17.1. The molecule has 22 heavy (non-hydrogen) atoms. The van der Waals surface area contributed by atoms with Crippen LogP contribution in [0.15, 0.2) is 0 Å². The van der Waals surface area contributed by atoms with Gasteiger partial charge in [0, 0.05) is 12.8 Å². The molecule has 0 N–H and O–H groups in total. The van der Waals surface area contributed by atoms with Gasteiger partial charge in [0.1, 0.15) is 0 Å². The zero-order chi connectivity index (χ0) is 16.1. The van der Waals surface area contributed by atoms with E-state index in [1.807, 2.05) is 0 Å². The van der Waals surface area contributed by atoms with Gasteiger partial charge in [0.05, 0.1) is 10.7 Å². The minimum atomic E-state index is -0.450. The van der Waals surface area contributed by atoms with Crippen molar-refractivity contribution in [2.75, 3.05) is 6.16 Å². The summed E-state index contributed by atoms with van der Waals surface area (Å²) in [5.74, 6) is -0.899. The van der Waals surface area contributed by atoms with E-state index in [1.165, 1.54) is 44.7 Å². The quantitative estimate of drug-likeness (QED) is 0.452. The molecule has 0 aromatic heterocycles. The first-order valence-electron chi connectivity index (χ1n) is 9.11. The van der Waals surface area contributed by atoms with Crippen molar-refractivity contribution in [2.24, 2.45) is 0 Å². The summed E-state index contributed by atoms with van der Waals surface area (Å²) in [7, 11) is -0.283. The maximum atomic E-state index is 6.46. The van der Waals surface area contributed by atoms with Crippen LogP contribution in [0.3, 0.4) is 0 Å². The van der Waals surface area contributed by atoms with E-state index in [0.717, 1.165) is 12.8 Å². The van der Waals surface area contributed by atoms with Gasteiger partial charge >= 0.3 is 0 Å². The smallest absolute Gasteiger partial charge is 0.173 e. The molecule has 4 aliphatic heterocycles. The summed E-state index contributed by atoms with van der Waals surface area (Å²) in [5.41, 5.74) is 0.